The highest BCUT2D eigenvalue weighted by Gasteiger charge is 2.34. The van der Waals surface area contributed by atoms with Crippen molar-refractivity contribution in [3.05, 3.63) is 60.4 Å². The molecule has 43 heavy (non-hydrogen) atoms. The molecule has 0 aliphatic rings. The second kappa shape index (κ2) is 14.8. The van der Waals surface area contributed by atoms with Crippen LogP contribution >= 0.6 is 7.75 Å². The number of carbonyl (C=O) groups is 1. The van der Waals surface area contributed by atoms with E-state index in [0.29, 0.717) is 47.2 Å². The Bertz CT molecular complexity index is 1860. The summed E-state index contributed by atoms with van der Waals surface area (Å²) in [5, 5.41) is 2.85. The molecule has 0 fully saturated rings. The third kappa shape index (κ3) is 8.12. The highest BCUT2D eigenvalue weighted by Crippen LogP contribution is 2.46. The van der Waals surface area contributed by atoms with Gasteiger partial charge in [0.15, 0.2) is 5.82 Å². The Morgan fingerprint density at radius 3 is 2.58 bits per heavy atom. The summed E-state index contributed by atoms with van der Waals surface area (Å²) < 4.78 is 108. The molecule has 11 nitrogen and oxygen atoms in total. The molecule has 232 valence electrons. The van der Waals surface area contributed by atoms with Crippen LogP contribution in [-0.2, 0) is 30.0 Å². The molecule has 0 bridgehead atoms. The average molecular weight is 621 g/mol. The van der Waals surface area contributed by atoms with Crippen molar-refractivity contribution in [2.45, 2.75) is 78.5 Å². The fourth-order valence-electron chi connectivity index (χ4n) is 4.57. The van der Waals surface area contributed by atoms with Crippen molar-refractivity contribution >= 4 is 41.5 Å². The first-order valence-corrected chi connectivity index (χ1v) is 15.4. The van der Waals surface area contributed by atoms with Gasteiger partial charge in [0.05, 0.1) is 29.8 Å². The van der Waals surface area contributed by atoms with Crippen molar-refractivity contribution in [1.29, 1.82) is 0 Å². The van der Waals surface area contributed by atoms with Gasteiger partial charge in [-0.05, 0) is 52.1 Å². The summed E-state index contributed by atoms with van der Waals surface area (Å²) in [5.41, 5.74) is 7.98. The van der Waals surface area contributed by atoms with Gasteiger partial charge in [-0.15, -0.1) is 0 Å². The van der Waals surface area contributed by atoms with Crippen molar-refractivity contribution < 1.29 is 40.2 Å². The number of rotatable bonds is 16. The smallest absolute Gasteiger partial charge is 0.459 e. The van der Waals surface area contributed by atoms with Crippen LogP contribution in [0.5, 0.6) is 5.75 Å². The summed E-state index contributed by atoms with van der Waals surface area (Å²) in [4.78, 5) is 22.6. The largest absolute Gasteiger partial charge is 0.462 e. The van der Waals surface area contributed by atoms with Crippen LogP contribution in [0, 0.1) is 0 Å². The minimum absolute atomic E-state index is 0.0288. The van der Waals surface area contributed by atoms with Crippen LogP contribution in [-0.4, -0.2) is 45.9 Å². The lowest BCUT2D eigenvalue weighted by atomic mass is 10.1. The standard InChI is InChI=1S/C31H42N5O6P/c1-6-8-14-23(19-40-43(38,42-24-15-10-9-11-16-24)35-22(5)31(37)41-21(3)4)36-27(20-39-7-2)34-28-29(36)25-17-12-13-18-26(25)33-30(28)32/h9-13,15-18,21-23H,6-8,14,19-20H2,1-5H3,(H2,32,33)(H,35,38)/t22-,23-,43+/m0/s1/i3D3,4D3,5D3. The van der Waals surface area contributed by atoms with Crippen molar-refractivity contribution in [3.8, 4) is 5.75 Å². The predicted molar refractivity (Wildman–Crippen MR) is 168 cm³/mol. The third-order valence-corrected chi connectivity index (χ3v) is 8.00. The lowest BCUT2D eigenvalue weighted by Crippen LogP contribution is -2.36. The zero-order chi connectivity index (χ0) is 38.5. The monoisotopic (exact) mass is 620 g/mol. The Morgan fingerprint density at radius 2 is 1.86 bits per heavy atom. The highest BCUT2D eigenvalue weighted by molar-refractivity contribution is 7.52. The number of esters is 1. The minimum Gasteiger partial charge on any atom is -0.462 e. The number of fused-ring (bicyclic) bond motifs is 3. The molecular weight excluding hydrogens is 569 g/mol. The molecule has 0 aliphatic carbocycles. The maximum atomic E-state index is 14.6. The number of nitrogens with two attached hydrogens (primary N) is 1. The van der Waals surface area contributed by atoms with Crippen molar-refractivity contribution in [2.75, 3.05) is 18.9 Å². The Labute approximate surface area is 265 Å². The van der Waals surface area contributed by atoms with Gasteiger partial charge in [-0.3, -0.25) is 9.32 Å². The van der Waals surface area contributed by atoms with Crippen LogP contribution < -0.4 is 15.3 Å². The number of pyridine rings is 1. The van der Waals surface area contributed by atoms with Crippen molar-refractivity contribution in [1.82, 2.24) is 19.6 Å². The van der Waals surface area contributed by atoms with Gasteiger partial charge in [0.2, 0.25) is 0 Å². The zero-order valence-corrected chi connectivity index (χ0v) is 24.9. The third-order valence-electron chi connectivity index (χ3n) is 6.48. The van der Waals surface area contributed by atoms with Gasteiger partial charge in [-0.25, -0.2) is 14.5 Å². The number of nitrogen functional groups attached to an aromatic ring is 1. The second-order valence-corrected chi connectivity index (χ2v) is 11.3. The molecule has 3 N–H and O–H groups in total. The summed E-state index contributed by atoms with van der Waals surface area (Å²) in [5.74, 6) is -1.21. The number of aromatic nitrogens is 3. The van der Waals surface area contributed by atoms with Crippen molar-refractivity contribution in [2.24, 2.45) is 0 Å². The summed E-state index contributed by atoms with van der Waals surface area (Å²) >= 11 is 0. The van der Waals surface area contributed by atoms with E-state index in [2.05, 4.69) is 10.1 Å². The summed E-state index contributed by atoms with van der Waals surface area (Å²) in [6.07, 6.45) is -0.825. The first-order valence-electron chi connectivity index (χ1n) is 18.4. The molecule has 2 heterocycles. The van der Waals surface area contributed by atoms with E-state index in [9.17, 15) is 9.36 Å². The van der Waals surface area contributed by atoms with Crippen LogP contribution in [0.25, 0.3) is 21.9 Å². The fourth-order valence-corrected chi connectivity index (χ4v) is 5.94. The Morgan fingerprint density at radius 1 is 1.09 bits per heavy atom. The normalized spacial score (nSPS) is 18.5. The van der Waals surface area contributed by atoms with E-state index in [-0.39, 0.29) is 18.2 Å². The average Bonchev–Trinajstić information content (AvgIpc) is 3.44. The Kier molecular flexibility index (Phi) is 7.59. The number of hydrogen-bond donors (Lipinski definition) is 2. The van der Waals surface area contributed by atoms with Crippen LogP contribution in [0.3, 0.4) is 0 Å². The van der Waals surface area contributed by atoms with Gasteiger partial charge in [-0.1, -0.05) is 56.2 Å². The molecule has 3 atom stereocenters. The number of nitrogens with one attached hydrogen (secondary N) is 1. The number of hydrogen-bond acceptors (Lipinski definition) is 9. The molecule has 2 aromatic carbocycles. The fraction of sp³-hybridized carbons (Fsp3) is 0.452. The number of nitrogens with zero attached hydrogens (tertiary/aromatic N) is 3. The molecule has 4 rings (SSSR count). The molecule has 12 heteroatoms. The van der Waals surface area contributed by atoms with Gasteiger partial charge in [0, 0.05) is 24.3 Å². The Hall–Kier alpha value is -3.50. The molecule has 0 saturated carbocycles. The summed E-state index contributed by atoms with van der Waals surface area (Å²) in [6.45, 7) is -6.19. The maximum absolute atomic E-state index is 14.6. The van der Waals surface area contributed by atoms with Crippen LogP contribution in [0.15, 0.2) is 54.6 Å². The van der Waals surface area contributed by atoms with Crippen molar-refractivity contribution in [3.63, 3.8) is 0 Å². The zero-order valence-electron chi connectivity index (χ0n) is 33.0. The van der Waals surface area contributed by atoms with Crippen LogP contribution in [0.2, 0.25) is 0 Å². The SMILES string of the molecule is [2H]C([2H])([2H])C(OC(=O)[C@@H](N[P@@](=O)(OC[C@H](CCCC)n1c(COCC)nc2c(N)nc3ccccc3c21)Oc1ccccc1)C([2H])([2H])[2H])C([2H])([2H])[2H]. The molecule has 0 radical (unpaired) electrons. The summed E-state index contributed by atoms with van der Waals surface area (Å²) in [7, 11) is -4.91. The topological polar surface area (TPSA) is 140 Å². The predicted octanol–water partition coefficient (Wildman–Crippen LogP) is 6.57. The van der Waals surface area contributed by atoms with Gasteiger partial charge < -0.3 is 24.3 Å². The first kappa shape index (κ1) is 22.1. The van der Waals surface area contributed by atoms with Gasteiger partial charge in [0.25, 0.3) is 0 Å². The lowest BCUT2D eigenvalue weighted by Gasteiger charge is -2.27. The molecule has 0 spiro atoms. The first-order chi connectivity index (χ1) is 24.3. The van der Waals surface area contributed by atoms with E-state index in [0.717, 1.165) is 6.42 Å². The van der Waals surface area contributed by atoms with Crippen LogP contribution in [0.1, 0.15) is 77.9 Å². The summed E-state index contributed by atoms with van der Waals surface area (Å²) in [6, 6.07) is 11.7. The molecule has 0 saturated heterocycles. The second-order valence-electron chi connectivity index (χ2n) is 9.62. The van der Waals surface area contributed by atoms with E-state index in [4.69, 9.17) is 41.6 Å². The van der Waals surface area contributed by atoms with E-state index in [1.54, 1.807) is 24.3 Å². The number of unbranched alkanes of at least 4 members (excludes halogenated alkanes) is 1. The molecule has 4 aromatic rings. The highest BCUT2D eigenvalue weighted by atomic mass is 31.2. The quantitative estimate of drug-likeness (QED) is 0.104. The molecule has 0 aliphatic heterocycles. The minimum atomic E-state index is -4.91. The maximum Gasteiger partial charge on any atom is 0.459 e. The number of para-hydroxylation sites is 2. The van der Waals surface area contributed by atoms with Crippen LogP contribution in [0.4, 0.5) is 5.82 Å². The van der Waals surface area contributed by atoms with E-state index >= 15 is 0 Å². The number of carbonyl (C=O) groups excluding carboxylic acids is 1. The number of imidazole rings is 1. The van der Waals surface area contributed by atoms with E-state index < -0.39 is 59.1 Å². The number of anilines is 1. The lowest BCUT2D eigenvalue weighted by molar-refractivity contribution is -0.149. The number of benzene rings is 2. The molecular formula is C31H42N5O6P. The molecule has 0 unspecified atom stereocenters. The number of ether oxygens (including phenoxy) is 2. The van der Waals surface area contributed by atoms with Gasteiger partial charge in [0.1, 0.15) is 29.7 Å². The van der Waals surface area contributed by atoms with E-state index in [1.807, 2.05) is 36.6 Å². The van der Waals surface area contributed by atoms with E-state index in [1.165, 1.54) is 12.1 Å². The molecule has 2 aromatic heterocycles. The Balaban J connectivity index is 1.80. The van der Waals surface area contributed by atoms with Gasteiger partial charge >= 0.3 is 13.7 Å². The molecule has 0 amide bonds. The van der Waals surface area contributed by atoms with Gasteiger partial charge in [-0.2, -0.15) is 5.09 Å².